The van der Waals surface area contributed by atoms with Crippen molar-refractivity contribution in [3.05, 3.63) is 23.8 Å². The standard InChI is InChI=1S/C12H17NO2/c1-3-9(2)13-7-10-5-4-6-11-12(10)15-8-14-11/h4-6,9,13H,3,7-8H2,1-2H3. The Labute approximate surface area is 90.4 Å². The van der Waals surface area contributed by atoms with Crippen molar-refractivity contribution in [1.29, 1.82) is 0 Å². The first-order valence-corrected chi connectivity index (χ1v) is 5.42. The first-order chi connectivity index (χ1) is 7.31. The smallest absolute Gasteiger partial charge is 0.231 e. The molecule has 2 rings (SSSR count). The second-order valence-electron chi connectivity index (χ2n) is 3.84. The van der Waals surface area contributed by atoms with Crippen molar-refractivity contribution in [2.75, 3.05) is 6.79 Å². The highest BCUT2D eigenvalue weighted by atomic mass is 16.7. The molecule has 0 fully saturated rings. The maximum atomic E-state index is 5.43. The second-order valence-corrected chi connectivity index (χ2v) is 3.84. The van der Waals surface area contributed by atoms with E-state index < -0.39 is 0 Å². The van der Waals surface area contributed by atoms with Crippen LogP contribution in [0.25, 0.3) is 0 Å². The maximum Gasteiger partial charge on any atom is 0.231 e. The molecule has 1 aliphatic heterocycles. The fourth-order valence-electron chi connectivity index (χ4n) is 1.56. The minimum Gasteiger partial charge on any atom is -0.454 e. The van der Waals surface area contributed by atoms with E-state index in [1.165, 1.54) is 5.56 Å². The van der Waals surface area contributed by atoms with Crippen LogP contribution in [0, 0.1) is 0 Å². The van der Waals surface area contributed by atoms with Crippen LogP contribution in [0.15, 0.2) is 18.2 Å². The Hall–Kier alpha value is -1.22. The van der Waals surface area contributed by atoms with Gasteiger partial charge in [0.05, 0.1) is 0 Å². The van der Waals surface area contributed by atoms with E-state index in [4.69, 9.17) is 9.47 Å². The Bertz CT molecular complexity index is 338. The Morgan fingerprint density at radius 2 is 2.27 bits per heavy atom. The summed E-state index contributed by atoms with van der Waals surface area (Å²) in [6.45, 7) is 5.53. The zero-order chi connectivity index (χ0) is 10.7. The molecule has 0 radical (unpaired) electrons. The van der Waals surface area contributed by atoms with Gasteiger partial charge in [-0.2, -0.15) is 0 Å². The van der Waals surface area contributed by atoms with Gasteiger partial charge in [0.2, 0.25) is 6.79 Å². The van der Waals surface area contributed by atoms with Gasteiger partial charge in [-0.05, 0) is 19.4 Å². The zero-order valence-electron chi connectivity index (χ0n) is 9.25. The van der Waals surface area contributed by atoms with Crippen LogP contribution in [0.4, 0.5) is 0 Å². The van der Waals surface area contributed by atoms with E-state index in [-0.39, 0.29) is 0 Å². The van der Waals surface area contributed by atoms with Crippen LogP contribution in [0.2, 0.25) is 0 Å². The van der Waals surface area contributed by atoms with Crippen LogP contribution >= 0.6 is 0 Å². The molecule has 3 heteroatoms. The Morgan fingerprint density at radius 1 is 1.40 bits per heavy atom. The van der Waals surface area contributed by atoms with Gasteiger partial charge < -0.3 is 14.8 Å². The summed E-state index contributed by atoms with van der Waals surface area (Å²) in [4.78, 5) is 0. The van der Waals surface area contributed by atoms with E-state index >= 15 is 0 Å². The predicted molar refractivity (Wildman–Crippen MR) is 59.2 cm³/mol. The Morgan fingerprint density at radius 3 is 3.07 bits per heavy atom. The van der Waals surface area contributed by atoms with Crippen molar-refractivity contribution in [2.45, 2.75) is 32.9 Å². The third-order valence-electron chi connectivity index (χ3n) is 2.73. The molecule has 0 saturated carbocycles. The highest BCUT2D eigenvalue weighted by Gasteiger charge is 2.16. The van der Waals surface area contributed by atoms with Gasteiger partial charge >= 0.3 is 0 Å². The van der Waals surface area contributed by atoms with Gasteiger partial charge in [-0.15, -0.1) is 0 Å². The number of hydrogen-bond donors (Lipinski definition) is 1. The summed E-state index contributed by atoms with van der Waals surface area (Å²) in [5.41, 5.74) is 1.17. The number of ether oxygens (including phenoxy) is 2. The molecule has 1 aliphatic rings. The first kappa shape index (κ1) is 10.3. The third-order valence-corrected chi connectivity index (χ3v) is 2.73. The molecule has 0 aromatic heterocycles. The van der Waals surface area contributed by atoms with Gasteiger partial charge in [0, 0.05) is 18.2 Å². The van der Waals surface area contributed by atoms with Gasteiger partial charge in [-0.25, -0.2) is 0 Å². The summed E-state index contributed by atoms with van der Waals surface area (Å²) < 4.78 is 10.8. The van der Waals surface area contributed by atoms with Gasteiger partial charge in [-0.1, -0.05) is 19.1 Å². The van der Waals surface area contributed by atoms with Crippen LogP contribution in [0.1, 0.15) is 25.8 Å². The number of para-hydroxylation sites is 1. The molecule has 82 valence electrons. The quantitative estimate of drug-likeness (QED) is 0.821. The van der Waals surface area contributed by atoms with Gasteiger partial charge in [0.15, 0.2) is 11.5 Å². The molecule has 0 spiro atoms. The van der Waals surface area contributed by atoms with Crippen molar-refractivity contribution in [3.63, 3.8) is 0 Å². The Kier molecular flexibility index (Phi) is 3.11. The maximum absolute atomic E-state index is 5.43. The van der Waals surface area contributed by atoms with E-state index in [9.17, 15) is 0 Å². The van der Waals surface area contributed by atoms with Gasteiger partial charge in [0.25, 0.3) is 0 Å². The van der Waals surface area contributed by atoms with E-state index in [1.54, 1.807) is 0 Å². The summed E-state index contributed by atoms with van der Waals surface area (Å²) in [7, 11) is 0. The summed E-state index contributed by atoms with van der Waals surface area (Å²) in [6.07, 6.45) is 1.13. The zero-order valence-corrected chi connectivity index (χ0v) is 9.25. The lowest BCUT2D eigenvalue weighted by Gasteiger charge is -2.12. The van der Waals surface area contributed by atoms with Crippen molar-refractivity contribution in [1.82, 2.24) is 5.32 Å². The van der Waals surface area contributed by atoms with Crippen LogP contribution in [-0.2, 0) is 6.54 Å². The lowest BCUT2D eigenvalue weighted by Crippen LogP contribution is -2.24. The molecule has 1 aromatic carbocycles. The van der Waals surface area contributed by atoms with E-state index in [2.05, 4.69) is 25.2 Å². The number of hydrogen-bond acceptors (Lipinski definition) is 3. The first-order valence-electron chi connectivity index (χ1n) is 5.42. The molecule has 0 saturated heterocycles. The van der Waals surface area contributed by atoms with E-state index in [0.29, 0.717) is 12.8 Å². The SMILES string of the molecule is CCC(C)NCc1cccc2c1OCO2. The summed E-state index contributed by atoms with van der Waals surface area (Å²) in [6, 6.07) is 6.54. The normalized spacial score (nSPS) is 15.3. The van der Waals surface area contributed by atoms with Crippen LogP contribution in [-0.4, -0.2) is 12.8 Å². The lowest BCUT2D eigenvalue weighted by molar-refractivity contribution is 0.173. The van der Waals surface area contributed by atoms with Gasteiger partial charge in [0.1, 0.15) is 0 Å². The van der Waals surface area contributed by atoms with Crippen molar-refractivity contribution >= 4 is 0 Å². The number of nitrogens with one attached hydrogen (secondary N) is 1. The Balaban J connectivity index is 2.06. The van der Waals surface area contributed by atoms with E-state index in [1.807, 2.05) is 12.1 Å². The molecule has 1 unspecified atom stereocenters. The minimum absolute atomic E-state index is 0.343. The molecule has 0 amide bonds. The molecule has 1 N–H and O–H groups in total. The highest BCUT2D eigenvalue weighted by Crippen LogP contribution is 2.35. The molecule has 3 nitrogen and oxygen atoms in total. The predicted octanol–water partition coefficient (Wildman–Crippen LogP) is 2.30. The fraction of sp³-hybridized carbons (Fsp3) is 0.500. The largest absolute Gasteiger partial charge is 0.454 e. The molecule has 1 aromatic rings. The molecule has 1 atom stereocenters. The van der Waals surface area contributed by atoms with Crippen LogP contribution in [0.3, 0.4) is 0 Å². The van der Waals surface area contributed by atoms with Crippen LogP contribution in [0.5, 0.6) is 11.5 Å². The van der Waals surface area contributed by atoms with Crippen molar-refractivity contribution in [2.24, 2.45) is 0 Å². The summed E-state index contributed by atoms with van der Waals surface area (Å²) in [5, 5.41) is 3.44. The molecule has 15 heavy (non-hydrogen) atoms. The fourth-order valence-corrected chi connectivity index (χ4v) is 1.56. The number of benzene rings is 1. The lowest BCUT2D eigenvalue weighted by atomic mass is 10.1. The molecule has 1 heterocycles. The molecular formula is C12H17NO2. The molecule has 0 aliphatic carbocycles. The van der Waals surface area contributed by atoms with E-state index in [0.717, 1.165) is 24.5 Å². The molecule has 0 bridgehead atoms. The van der Waals surface area contributed by atoms with Crippen molar-refractivity contribution in [3.8, 4) is 11.5 Å². The number of fused-ring (bicyclic) bond motifs is 1. The average Bonchev–Trinajstić information content (AvgIpc) is 2.74. The monoisotopic (exact) mass is 207 g/mol. The average molecular weight is 207 g/mol. The highest BCUT2D eigenvalue weighted by molar-refractivity contribution is 5.48. The summed E-state index contributed by atoms with van der Waals surface area (Å²) >= 11 is 0. The van der Waals surface area contributed by atoms with Crippen molar-refractivity contribution < 1.29 is 9.47 Å². The minimum atomic E-state index is 0.343. The summed E-state index contributed by atoms with van der Waals surface area (Å²) in [5.74, 6) is 1.76. The van der Waals surface area contributed by atoms with Crippen LogP contribution < -0.4 is 14.8 Å². The third kappa shape index (κ3) is 2.23. The second kappa shape index (κ2) is 4.53. The topological polar surface area (TPSA) is 30.5 Å². The molecular weight excluding hydrogens is 190 g/mol. The number of rotatable bonds is 4. The van der Waals surface area contributed by atoms with Gasteiger partial charge in [-0.3, -0.25) is 0 Å².